The number of hydrogen-bond donors (Lipinski definition) is 0. The molecule has 0 amide bonds. The Labute approximate surface area is 189 Å². The van der Waals surface area contributed by atoms with E-state index in [9.17, 15) is 9.59 Å². The second-order valence-electron chi connectivity index (χ2n) is 6.23. The van der Waals surface area contributed by atoms with Crippen LogP contribution in [0.25, 0.3) is 0 Å². The minimum absolute atomic E-state index is 0.00764. The summed E-state index contributed by atoms with van der Waals surface area (Å²) in [5, 5.41) is 0. The SMILES string of the molecule is C=C(C)C(=O)OC(COC)(OCC)OCC.C=C(C)C(=O)OCCSc1ccccc1. The van der Waals surface area contributed by atoms with Gasteiger partial charge in [0.15, 0.2) is 0 Å². The van der Waals surface area contributed by atoms with Crippen LogP contribution in [0.4, 0.5) is 0 Å². The van der Waals surface area contributed by atoms with Gasteiger partial charge in [0.1, 0.15) is 13.2 Å². The first kappa shape index (κ1) is 28.9. The zero-order chi connectivity index (χ0) is 23.7. The third-order valence-electron chi connectivity index (χ3n) is 3.32. The molecule has 0 aliphatic carbocycles. The minimum atomic E-state index is -1.48. The third-order valence-corrected chi connectivity index (χ3v) is 4.30. The van der Waals surface area contributed by atoms with Gasteiger partial charge in [0.25, 0.3) is 0 Å². The molecule has 8 heteroatoms. The Morgan fingerprint density at radius 2 is 1.52 bits per heavy atom. The van der Waals surface area contributed by atoms with Gasteiger partial charge >= 0.3 is 17.9 Å². The van der Waals surface area contributed by atoms with Gasteiger partial charge in [-0.1, -0.05) is 31.4 Å². The van der Waals surface area contributed by atoms with E-state index < -0.39 is 11.9 Å². The zero-order valence-corrected chi connectivity index (χ0v) is 19.9. The number of benzene rings is 1. The molecule has 0 unspecified atom stereocenters. The van der Waals surface area contributed by atoms with Crippen LogP contribution in [0.5, 0.6) is 0 Å². The number of methoxy groups -OCH3 is 1. The number of carbonyl (C=O) groups excluding carboxylic acids is 2. The zero-order valence-electron chi connectivity index (χ0n) is 19.1. The molecule has 0 aliphatic rings. The van der Waals surface area contributed by atoms with Crippen LogP contribution in [0.1, 0.15) is 27.7 Å². The second kappa shape index (κ2) is 16.5. The third kappa shape index (κ3) is 13.0. The highest BCUT2D eigenvalue weighted by atomic mass is 32.2. The van der Waals surface area contributed by atoms with Gasteiger partial charge in [0.2, 0.25) is 0 Å². The highest BCUT2D eigenvalue weighted by molar-refractivity contribution is 7.99. The average Bonchev–Trinajstić information content (AvgIpc) is 2.72. The van der Waals surface area contributed by atoms with Crippen LogP contribution in [0.3, 0.4) is 0 Å². The van der Waals surface area contributed by atoms with Crippen molar-refractivity contribution < 1.29 is 33.3 Å². The standard InChI is InChI=1S/C12H14O2S.C11H20O5/c1-10(2)12(13)14-8-9-15-11-6-4-3-5-7-11;1-6-14-11(8-13-5,15-7-2)16-10(12)9(3)4/h3-7H,1,8-9H2,2H3;3,6-8H2,1-2,4-5H3. The Kier molecular flexibility index (Phi) is 15.4. The molecule has 1 aromatic carbocycles. The molecule has 0 fully saturated rings. The summed E-state index contributed by atoms with van der Waals surface area (Å²) in [7, 11) is 1.47. The monoisotopic (exact) mass is 454 g/mol. The molecule has 0 atom stereocenters. The molecule has 0 N–H and O–H groups in total. The fraction of sp³-hybridized carbons (Fsp3) is 0.478. The lowest BCUT2D eigenvalue weighted by atomic mass is 10.3. The molecule has 0 radical (unpaired) electrons. The van der Waals surface area contributed by atoms with Crippen LogP contribution in [-0.4, -0.2) is 57.2 Å². The first-order valence-electron chi connectivity index (χ1n) is 9.87. The van der Waals surface area contributed by atoms with Crippen LogP contribution >= 0.6 is 11.8 Å². The summed E-state index contributed by atoms with van der Waals surface area (Å²) in [4.78, 5) is 23.7. The van der Waals surface area contributed by atoms with E-state index in [-0.39, 0.29) is 18.1 Å². The molecule has 174 valence electrons. The molecule has 0 heterocycles. The van der Waals surface area contributed by atoms with Crippen molar-refractivity contribution in [2.45, 2.75) is 38.6 Å². The lowest BCUT2D eigenvalue weighted by molar-refractivity contribution is -0.372. The van der Waals surface area contributed by atoms with E-state index in [1.54, 1.807) is 39.5 Å². The molecule has 1 aromatic rings. The van der Waals surface area contributed by atoms with Crippen LogP contribution in [-0.2, 0) is 33.3 Å². The lowest BCUT2D eigenvalue weighted by Gasteiger charge is -2.31. The van der Waals surface area contributed by atoms with Crippen molar-refractivity contribution in [3.05, 3.63) is 54.6 Å². The van der Waals surface area contributed by atoms with E-state index in [1.165, 1.54) is 12.0 Å². The number of hydrogen-bond acceptors (Lipinski definition) is 8. The predicted molar refractivity (Wildman–Crippen MR) is 122 cm³/mol. The van der Waals surface area contributed by atoms with Gasteiger partial charge in [-0.25, -0.2) is 9.59 Å². The molecule has 7 nitrogen and oxygen atoms in total. The second-order valence-corrected chi connectivity index (χ2v) is 7.40. The van der Waals surface area contributed by atoms with Crippen LogP contribution < -0.4 is 0 Å². The number of thioether (sulfide) groups is 1. The molecule has 1 rings (SSSR count). The summed E-state index contributed by atoms with van der Waals surface area (Å²) in [5.74, 6) is -1.60. The topological polar surface area (TPSA) is 80.3 Å². The van der Waals surface area contributed by atoms with Crippen molar-refractivity contribution >= 4 is 23.7 Å². The van der Waals surface area contributed by atoms with Crippen LogP contribution in [0, 0.1) is 0 Å². The quantitative estimate of drug-likeness (QED) is 0.143. The maximum Gasteiger partial charge on any atom is 0.354 e. The molecule has 0 spiro atoms. The van der Waals surface area contributed by atoms with Gasteiger partial charge in [0, 0.05) is 28.9 Å². The van der Waals surface area contributed by atoms with Gasteiger partial charge in [0.05, 0.1) is 13.2 Å². The van der Waals surface area contributed by atoms with E-state index in [2.05, 4.69) is 13.2 Å². The van der Waals surface area contributed by atoms with Crippen molar-refractivity contribution in [2.75, 3.05) is 39.3 Å². The van der Waals surface area contributed by atoms with Gasteiger partial charge in [-0.05, 0) is 39.8 Å². The smallest absolute Gasteiger partial charge is 0.354 e. The molecular weight excluding hydrogens is 420 g/mol. The van der Waals surface area contributed by atoms with Gasteiger partial charge in [-0.2, -0.15) is 0 Å². The van der Waals surface area contributed by atoms with E-state index in [0.717, 1.165) is 5.75 Å². The van der Waals surface area contributed by atoms with Gasteiger partial charge in [-0.3, -0.25) is 0 Å². The first-order valence-corrected chi connectivity index (χ1v) is 10.9. The molecule has 31 heavy (non-hydrogen) atoms. The molecule has 0 saturated heterocycles. The molecule has 0 saturated carbocycles. The van der Waals surface area contributed by atoms with E-state index in [1.807, 2.05) is 30.3 Å². The number of esters is 2. The van der Waals surface area contributed by atoms with Gasteiger partial charge in [-0.15, -0.1) is 11.8 Å². The average molecular weight is 455 g/mol. The van der Waals surface area contributed by atoms with Crippen LogP contribution in [0.15, 0.2) is 59.5 Å². The summed E-state index contributed by atoms with van der Waals surface area (Å²) in [6, 6.07) is 10.0. The van der Waals surface area contributed by atoms with Crippen molar-refractivity contribution in [2.24, 2.45) is 0 Å². The van der Waals surface area contributed by atoms with Crippen LogP contribution in [0.2, 0.25) is 0 Å². The summed E-state index contributed by atoms with van der Waals surface area (Å²) >= 11 is 1.67. The normalized spacial score (nSPS) is 10.5. The Morgan fingerprint density at radius 3 is 1.97 bits per heavy atom. The summed E-state index contributed by atoms with van der Waals surface area (Å²) in [5.41, 5.74) is 0.722. The fourth-order valence-corrected chi connectivity index (χ4v) is 2.74. The lowest BCUT2D eigenvalue weighted by Crippen LogP contribution is -2.45. The summed E-state index contributed by atoms with van der Waals surface area (Å²) in [6.07, 6.45) is 0. The van der Waals surface area contributed by atoms with Crippen molar-refractivity contribution in [3.8, 4) is 0 Å². The largest absolute Gasteiger partial charge is 0.461 e. The van der Waals surface area contributed by atoms with Crippen molar-refractivity contribution in [3.63, 3.8) is 0 Å². The predicted octanol–water partition coefficient (Wildman–Crippen LogP) is 4.38. The highest BCUT2D eigenvalue weighted by Gasteiger charge is 2.37. The first-order chi connectivity index (χ1) is 14.7. The van der Waals surface area contributed by atoms with E-state index in [0.29, 0.717) is 25.4 Å². The fourth-order valence-electron chi connectivity index (χ4n) is 1.99. The van der Waals surface area contributed by atoms with Gasteiger partial charge < -0.3 is 23.7 Å². The minimum Gasteiger partial charge on any atom is -0.461 e. The Morgan fingerprint density at radius 1 is 0.968 bits per heavy atom. The summed E-state index contributed by atoms with van der Waals surface area (Å²) in [6.45, 7) is 14.9. The Balaban J connectivity index is 0.000000581. The summed E-state index contributed by atoms with van der Waals surface area (Å²) < 4.78 is 25.6. The maximum atomic E-state index is 11.4. The molecular formula is C23H34O7S. The Hall–Kier alpha value is -2.13. The van der Waals surface area contributed by atoms with Crippen molar-refractivity contribution in [1.29, 1.82) is 0 Å². The molecule has 0 aromatic heterocycles. The Bertz CT molecular complexity index is 671. The van der Waals surface area contributed by atoms with Crippen molar-refractivity contribution in [1.82, 2.24) is 0 Å². The molecule has 0 bridgehead atoms. The van der Waals surface area contributed by atoms with E-state index >= 15 is 0 Å². The highest BCUT2D eigenvalue weighted by Crippen LogP contribution is 2.18. The molecule has 0 aliphatic heterocycles. The van der Waals surface area contributed by atoms with E-state index in [4.69, 9.17) is 23.7 Å². The number of ether oxygens (including phenoxy) is 5. The maximum absolute atomic E-state index is 11.4. The number of carbonyl (C=O) groups is 2. The number of rotatable bonds is 13.